The Labute approximate surface area is 166 Å². The molecular weight excluding hydrogens is 397 g/mol. The largest absolute Gasteiger partial charge is 0.302 e. The minimum Gasteiger partial charge on any atom is -0.302 e. The van der Waals surface area contributed by atoms with Crippen molar-refractivity contribution in [2.75, 3.05) is 20.1 Å². The number of aromatic nitrogens is 1. The summed E-state index contributed by atoms with van der Waals surface area (Å²) in [5, 5.41) is 11.5. The Kier molecular flexibility index (Phi) is 4.71. The van der Waals surface area contributed by atoms with E-state index >= 15 is 0 Å². The first-order valence-electron chi connectivity index (χ1n) is 8.96. The van der Waals surface area contributed by atoms with E-state index in [1.165, 1.54) is 42.6 Å². The van der Waals surface area contributed by atoms with Crippen LogP contribution in [0.15, 0.2) is 59.6 Å². The SMILES string of the molecule is CN1CC=C(c2cn(S(=O)(=O)c3cccc([N+](=O)[O-])c3)c3ccc(F)cc23)CC1. The van der Waals surface area contributed by atoms with Crippen molar-refractivity contribution in [3.63, 3.8) is 0 Å². The summed E-state index contributed by atoms with van der Waals surface area (Å²) in [5.41, 5.74) is 1.62. The second-order valence-electron chi connectivity index (χ2n) is 7.00. The van der Waals surface area contributed by atoms with Crippen molar-refractivity contribution in [2.45, 2.75) is 11.3 Å². The van der Waals surface area contributed by atoms with Gasteiger partial charge in [-0.05, 0) is 43.3 Å². The number of rotatable bonds is 4. The molecule has 0 amide bonds. The molecular formula is C20H18FN3O4S. The summed E-state index contributed by atoms with van der Waals surface area (Å²) in [6.45, 7) is 1.53. The molecule has 0 atom stereocenters. The monoisotopic (exact) mass is 415 g/mol. The molecule has 1 aliphatic heterocycles. The van der Waals surface area contributed by atoms with Crippen LogP contribution in [0.3, 0.4) is 0 Å². The lowest BCUT2D eigenvalue weighted by atomic mass is 9.99. The summed E-state index contributed by atoms with van der Waals surface area (Å²) in [6, 6.07) is 8.84. The van der Waals surface area contributed by atoms with E-state index in [0.717, 1.165) is 28.7 Å². The highest BCUT2D eigenvalue weighted by Gasteiger charge is 2.25. The van der Waals surface area contributed by atoms with Crippen molar-refractivity contribution in [3.8, 4) is 0 Å². The highest BCUT2D eigenvalue weighted by Crippen LogP contribution is 2.34. The molecule has 7 nitrogen and oxygen atoms in total. The highest BCUT2D eigenvalue weighted by atomic mass is 32.2. The molecule has 2 heterocycles. The molecule has 2 aromatic carbocycles. The van der Waals surface area contributed by atoms with Gasteiger partial charge in [-0.15, -0.1) is 0 Å². The molecule has 9 heteroatoms. The maximum absolute atomic E-state index is 14.0. The molecule has 0 spiro atoms. The van der Waals surface area contributed by atoms with Crippen molar-refractivity contribution in [1.29, 1.82) is 0 Å². The Balaban J connectivity index is 1.92. The molecule has 29 heavy (non-hydrogen) atoms. The van der Waals surface area contributed by atoms with E-state index in [1.54, 1.807) is 0 Å². The van der Waals surface area contributed by atoms with E-state index in [4.69, 9.17) is 0 Å². The van der Waals surface area contributed by atoms with Gasteiger partial charge in [0.25, 0.3) is 15.7 Å². The maximum atomic E-state index is 14.0. The van der Waals surface area contributed by atoms with Gasteiger partial charge >= 0.3 is 0 Å². The molecule has 0 fully saturated rings. The van der Waals surface area contributed by atoms with Gasteiger partial charge in [0, 0.05) is 42.4 Å². The third-order valence-corrected chi connectivity index (χ3v) is 6.75. The molecule has 3 aromatic rings. The van der Waals surface area contributed by atoms with E-state index < -0.39 is 20.8 Å². The van der Waals surface area contributed by atoms with Gasteiger partial charge < -0.3 is 4.90 Å². The van der Waals surface area contributed by atoms with Crippen LogP contribution in [-0.4, -0.2) is 42.4 Å². The third-order valence-electron chi connectivity index (χ3n) is 5.08. The van der Waals surface area contributed by atoms with Crippen molar-refractivity contribution in [3.05, 3.63) is 76.2 Å². The Hall–Kier alpha value is -3.04. The normalized spacial score (nSPS) is 15.4. The Morgan fingerprint density at radius 3 is 2.66 bits per heavy atom. The summed E-state index contributed by atoms with van der Waals surface area (Å²) in [4.78, 5) is 12.3. The molecule has 1 aromatic heterocycles. The third kappa shape index (κ3) is 3.43. The molecule has 0 saturated carbocycles. The molecule has 0 saturated heterocycles. The number of nitro benzene ring substituents is 1. The molecule has 4 rings (SSSR count). The quantitative estimate of drug-likeness (QED) is 0.480. The van der Waals surface area contributed by atoms with Crippen LogP contribution < -0.4 is 0 Å². The number of hydrogen-bond acceptors (Lipinski definition) is 5. The zero-order chi connectivity index (χ0) is 20.8. The predicted molar refractivity (Wildman–Crippen MR) is 108 cm³/mol. The topological polar surface area (TPSA) is 85.5 Å². The summed E-state index contributed by atoms with van der Waals surface area (Å²) >= 11 is 0. The van der Waals surface area contributed by atoms with E-state index in [-0.39, 0.29) is 10.6 Å². The van der Waals surface area contributed by atoms with Crippen LogP contribution in [0.5, 0.6) is 0 Å². The van der Waals surface area contributed by atoms with Crippen molar-refractivity contribution in [2.24, 2.45) is 0 Å². The molecule has 0 radical (unpaired) electrons. The number of nitrogens with zero attached hydrogens (tertiary/aromatic N) is 3. The van der Waals surface area contributed by atoms with E-state index in [9.17, 15) is 22.9 Å². The molecule has 1 aliphatic rings. The Morgan fingerprint density at radius 2 is 1.97 bits per heavy atom. The Morgan fingerprint density at radius 1 is 1.17 bits per heavy atom. The van der Waals surface area contributed by atoms with Crippen LogP contribution >= 0.6 is 0 Å². The molecule has 0 aliphatic carbocycles. The maximum Gasteiger partial charge on any atom is 0.270 e. The fourth-order valence-corrected chi connectivity index (χ4v) is 4.92. The zero-order valence-corrected chi connectivity index (χ0v) is 16.4. The lowest BCUT2D eigenvalue weighted by Gasteiger charge is -2.21. The van der Waals surface area contributed by atoms with Gasteiger partial charge in [0.2, 0.25) is 0 Å². The first kappa shape index (κ1) is 19.3. The average molecular weight is 415 g/mol. The molecule has 150 valence electrons. The standard InChI is InChI=1S/C20H18FN3O4S/c1-22-9-7-14(8-10-22)19-13-23(20-6-5-15(21)11-18(19)20)29(27,28)17-4-2-3-16(12-17)24(25)26/h2-7,11-13H,8-10H2,1H3. The van der Waals surface area contributed by atoms with Gasteiger partial charge in [0.15, 0.2) is 0 Å². The van der Waals surface area contributed by atoms with E-state index in [2.05, 4.69) is 4.90 Å². The number of non-ortho nitro benzene ring substituents is 1. The summed E-state index contributed by atoms with van der Waals surface area (Å²) < 4.78 is 41.6. The smallest absolute Gasteiger partial charge is 0.270 e. The van der Waals surface area contributed by atoms with Gasteiger partial charge in [0.05, 0.1) is 15.3 Å². The summed E-state index contributed by atoms with van der Waals surface area (Å²) in [5.74, 6) is -0.460. The van der Waals surface area contributed by atoms with Crippen LogP contribution in [0.1, 0.15) is 12.0 Å². The van der Waals surface area contributed by atoms with Gasteiger partial charge in [-0.1, -0.05) is 12.1 Å². The first-order chi connectivity index (χ1) is 13.8. The second-order valence-corrected chi connectivity index (χ2v) is 8.82. The minimum atomic E-state index is -4.11. The van der Waals surface area contributed by atoms with Gasteiger partial charge in [-0.3, -0.25) is 10.1 Å². The van der Waals surface area contributed by atoms with Gasteiger partial charge in [-0.2, -0.15) is 0 Å². The fourth-order valence-electron chi connectivity index (χ4n) is 3.51. The van der Waals surface area contributed by atoms with Crippen LogP contribution in [-0.2, 0) is 10.0 Å². The number of nitro groups is 1. The number of hydrogen-bond donors (Lipinski definition) is 0. The van der Waals surface area contributed by atoms with Crippen LogP contribution in [0.25, 0.3) is 16.5 Å². The van der Waals surface area contributed by atoms with Gasteiger partial charge in [0.1, 0.15) is 5.82 Å². The number of likely N-dealkylation sites (N-methyl/N-ethyl adjacent to an activating group) is 1. The Bertz CT molecular complexity index is 1260. The molecule has 0 N–H and O–H groups in total. The van der Waals surface area contributed by atoms with Gasteiger partial charge in [-0.25, -0.2) is 16.8 Å². The average Bonchev–Trinajstić information content (AvgIpc) is 3.08. The van der Waals surface area contributed by atoms with E-state index in [1.807, 2.05) is 13.1 Å². The number of halogens is 1. The summed E-state index contributed by atoms with van der Waals surface area (Å²) in [6.07, 6.45) is 4.20. The van der Waals surface area contributed by atoms with Crippen LogP contribution in [0, 0.1) is 15.9 Å². The highest BCUT2D eigenvalue weighted by molar-refractivity contribution is 7.90. The first-order valence-corrected chi connectivity index (χ1v) is 10.4. The molecule has 0 bridgehead atoms. The van der Waals surface area contributed by atoms with Crippen LogP contribution in [0.4, 0.5) is 10.1 Å². The minimum absolute atomic E-state index is 0.197. The van der Waals surface area contributed by atoms with Crippen molar-refractivity contribution >= 4 is 32.2 Å². The van der Waals surface area contributed by atoms with Crippen LogP contribution in [0.2, 0.25) is 0 Å². The van der Waals surface area contributed by atoms with Crippen molar-refractivity contribution in [1.82, 2.24) is 8.87 Å². The van der Waals surface area contributed by atoms with Crippen molar-refractivity contribution < 1.29 is 17.7 Å². The molecule has 0 unspecified atom stereocenters. The predicted octanol–water partition coefficient (Wildman–Crippen LogP) is 3.64. The number of fused-ring (bicyclic) bond motifs is 1. The van der Waals surface area contributed by atoms with E-state index in [0.29, 0.717) is 22.9 Å². The lowest BCUT2D eigenvalue weighted by Crippen LogP contribution is -2.23. The zero-order valence-electron chi connectivity index (χ0n) is 15.6. The second kappa shape index (κ2) is 7.09. The lowest BCUT2D eigenvalue weighted by molar-refractivity contribution is -0.385. The number of benzene rings is 2. The summed E-state index contributed by atoms with van der Waals surface area (Å²) in [7, 11) is -2.12. The fraction of sp³-hybridized carbons (Fsp3) is 0.200.